The zero-order valence-electron chi connectivity index (χ0n) is 13.7. The summed E-state index contributed by atoms with van der Waals surface area (Å²) in [6.45, 7) is 7.39. The Bertz CT molecular complexity index is 328. The van der Waals surface area contributed by atoms with Gasteiger partial charge in [-0.3, -0.25) is 4.79 Å². The molecular formula is C18H32O2. The van der Waals surface area contributed by atoms with Crippen molar-refractivity contribution >= 4 is 5.97 Å². The van der Waals surface area contributed by atoms with Crippen molar-refractivity contribution in [3.8, 4) is 0 Å². The van der Waals surface area contributed by atoms with Crippen LogP contribution >= 0.6 is 0 Å². The third-order valence-corrected chi connectivity index (χ3v) is 6.21. The van der Waals surface area contributed by atoms with Crippen LogP contribution in [0.4, 0.5) is 0 Å². The SMILES string of the molecule is CCCCC1(CC)C(=O)OCC12CCC(CCC)CC2. The van der Waals surface area contributed by atoms with Gasteiger partial charge in [-0.15, -0.1) is 0 Å². The third-order valence-electron chi connectivity index (χ3n) is 6.21. The molecule has 0 bridgehead atoms. The fraction of sp³-hybridized carbons (Fsp3) is 0.944. The summed E-state index contributed by atoms with van der Waals surface area (Å²) in [5.74, 6) is 1.00. The van der Waals surface area contributed by atoms with Crippen molar-refractivity contribution in [2.24, 2.45) is 16.7 Å². The molecule has 116 valence electrons. The van der Waals surface area contributed by atoms with E-state index in [1.165, 1.54) is 44.9 Å². The number of esters is 1. The van der Waals surface area contributed by atoms with Gasteiger partial charge in [0.25, 0.3) is 0 Å². The first-order valence-corrected chi connectivity index (χ1v) is 8.81. The molecule has 1 saturated carbocycles. The predicted molar refractivity (Wildman–Crippen MR) is 82.5 cm³/mol. The van der Waals surface area contributed by atoms with Gasteiger partial charge in [-0.2, -0.15) is 0 Å². The van der Waals surface area contributed by atoms with E-state index in [-0.39, 0.29) is 16.8 Å². The molecule has 1 atom stereocenters. The monoisotopic (exact) mass is 280 g/mol. The van der Waals surface area contributed by atoms with Crippen LogP contribution in [0.3, 0.4) is 0 Å². The maximum Gasteiger partial charge on any atom is 0.312 e. The predicted octanol–water partition coefficient (Wildman–Crippen LogP) is 5.11. The molecule has 0 amide bonds. The highest BCUT2D eigenvalue weighted by molar-refractivity contribution is 5.80. The third kappa shape index (κ3) is 2.51. The summed E-state index contributed by atoms with van der Waals surface area (Å²) < 4.78 is 5.61. The van der Waals surface area contributed by atoms with Crippen LogP contribution in [0.25, 0.3) is 0 Å². The van der Waals surface area contributed by atoms with Gasteiger partial charge in [0.2, 0.25) is 0 Å². The van der Waals surface area contributed by atoms with Gasteiger partial charge in [-0.25, -0.2) is 0 Å². The molecule has 0 aromatic heterocycles. The lowest BCUT2D eigenvalue weighted by Crippen LogP contribution is -2.45. The number of cyclic esters (lactones) is 1. The van der Waals surface area contributed by atoms with E-state index in [0.29, 0.717) is 6.61 Å². The second-order valence-corrected chi connectivity index (χ2v) is 7.13. The van der Waals surface area contributed by atoms with Crippen molar-refractivity contribution < 1.29 is 9.53 Å². The maximum absolute atomic E-state index is 12.5. The molecule has 1 spiro atoms. The summed E-state index contributed by atoms with van der Waals surface area (Å²) in [5.41, 5.74) is -0.00155. The Morgan fingerprint density at radius 3 is 2.40 bits per heavy atom. The Morgan fingerprint density at radius 2 is 1.85 bits per heavy atom. The molecule has 1 aliphatic carbocycles. The van der Waals surface area contributed by atoms with Crippen LogP contribution in [-0.4, -0.2) is 12.6 Å². The molecule has 0 aromatic rings. The van der Waals surface area contributed by atoms with E-state index in [1.54, 1.807) is 0 Å². The molecule has 1 heterocycles. The van der Waals surface area contributed by atoms with Crippen molar-refractivity contribution in [3.63, 3.8) is 0 Å². The summed E-state index contributed by atoms with van der Waals surface area (Å²) in [5, 5.41) is 0. The normalized spacial score (nSPS) is 37.4. The van der Waals surface area contributed by atoms with Gasteiger partial charge in [-0.05, 0) is 44.4 Å². The standard InChI is InChI=1S/C18H32O2/c1-4-7-11-18(6-3)16(19)20-14-17(18)12-9-15(8-5-2)10-13-17/h15H,4-14H2,1-3H3. The van der Waals surface area contributed by atoms with E-state index < -0.39 is 0 Å². The molecule has 2 fully saturated rings. The van der Waals surface area contributed by atoms with Gasteiger partial charge in [0.15, 0.2) is 0 Å². The van der Waals surface area contributed by atoms with Crippen molar-refractivity contribution in [1.82, 2.24) is 0 Å². The van der Waals surface area contributed by atoms with Gasteiger partial charge < -0.3 is 4.74 Å². The van der Waals surface area contributed by atoms with Crippen molar-refractivity contribution in [1.29, 1.82) is 0 Å². The molecule has 1 saturated heterocycles. The molecule has 2 nitrogen and oxygen atoms in total. The highest BCUT2D eigenvalue weighted by Gasteiger charge is 2.61. The lowest BCUT2D eigenvalue weighted by Gasteiger charge is -2.46. The largest absolute Gasteiger partial charge is 0.465 e. The van der Waals surface area contributed by atoms with Crippen molar-refractivity contribution in [2.45, 2.75) is 85.0 Å². The summed E-state index contributed by atoms with van der Waals surface area (Å²) in [6.07, 6.45) is 12.0. The molecule has 1 aliphatic heterocycles. The minimum absolute atomic E-state index is 0.113. The second-order valence-electron chi connectivity index (χ2n) is 7.13. The van der Waals surface area contributed by atoms with Crippen molar-refractivity contribution in [3.05, 3.63) is 0 Å². The molecule has 1 unspecified atom stereocenters. The molecule has 2 rings (SSSR count). The molecular weight excluding hydrogens is 248 g/mol. The maximum atomic E-state index is 12.5. The van der Waals surface area contributed by atoms with E-state index in [0.717, 1.165) is 25.2 Å². The lowest BCUT2D eigenvalue weighted by atomic mass is 9.54. The summed E-state index contributed by atoms with van der Waals surface area (Å²) >= 11 is 0. The average Bonchev–Trinajstić information content (AvgIpc) is 2.73. The Hall–Kier alpha value is -0.530. The van der Waals surface area contributed by atoms with Gasteiger partial charge >= 0.3 is 5.97 Å². The van der Waals surface area contributed by atoms with E-state index in [9.17, 15) is 4.79 Å². The first-order valence-electron chi connectivity index (χ1n) is 8.81. The van der Waals surface area contributed by atoms with Crippen LogP contribution in [0.2, 0.25) is 0 Å². The van der Waals surface area contributed by atoms with Crippen molar-refractivity contribution in [2.75, 3.05) is 6.61 Å². The number of ether oxygens (including phenoxy) is 1. The number of carbonyl (C=O) groups excluding carboxylic acids is 1. The number of hydrogen-bond acceptors (Lipinski definition) is 2. The van der Waals surface area contributed by atoms with E-state index in [1.807, 2.05) is 0 Å². The van der Waals surface area contributed by atoms with Crippen LogP contribution in [0.5, 0.6) is 0 Å². The molecule has 0 radical (unpaired) electrons. The Kier molecular flexibility index (Phi) is 5.14. The first-order chi connectivity index (χ1) is 9.64. The van der Waals surface area contributed by atoms with Crippen LogP contribution in [0.15, 0.2) is 0 Å². The highest BCUT2D eigenvalue weighted by Crippen LogP contribution is 2.59. The van der Waals surface area contributed by atoms with E-state index >= 15 is 0 Å². The Balaban J connectivity index is 2.14. The molecule has 0 N–H and O–H groups in total. The van der Waals surface area contributed by atoms with Gasteiger partial charge in [-0.1, -0.05) is 46.5 Å². The van der Waals surface area contributed by atoms with Crippen LogP contribution in [0.1, 0.15) is 85.0 Å². The Labute approximate surface area is 124 Å². The second kappa shape index (κ2) is 6.49. The van der Waals surface area contributed by atoms with E-state index in [2.05, 4.69) is 20.8 Å². The van der Waals surface area contributed by atoms with Crippen LogP contribution in [-0.2, 0) is 9.53 Å². The zero-order valence-corrected chi connectivity index (χ0v) is 13.7. The Morgan fingerprint density at radius 1 is 1.15 bits per heavy atom. The van der Waals surface area contributed by atoms with Gasteiger partial charge in [0.05, 0.1) is 12.0 Å². The number of hydrogen-bond donors (Lipinski definition) is 0. The minimum Gasteiger partial charge on any atom is -0.465 e. The molecule has 20 heavy (non-hydrogen) atoms. The summed E-state index contributed by atoms with van der Waals surface area (Å²) in [4.78, 5) is 12.5. The fourth-order valence-electron chi connectivity index (χ4n) is 4.79. The van der Waals surface area contributed by atoms with Crippen LogP contribution in [0, 0.1) is 16.7 Å². The summed E-state index contributed by atoms with van der Waals surface area (Å²) in [7, 11) is 0. The molecule has 2 aliphatic rings. The highest BCUT2D eigenvalue weighted by atomic mass is 16.5. The molecule has 2 heteroatoms. The number of unbranched alkanes of at least 4 members (excludes halogenated alkanes) is 1. The zero-order chi connectivity index (χ0) is 14.6. The average molecular weight is 280 g/mol. The quantitative estimate of drug-likeness (QED) is 0.632. The topological polar surface area (TPSA) is 26.3 Å². The van der Waals surface area contributed by atoms with Gasteiger partial charge in [0, 0.05) is 5.41 Å². The lowest BCUT2D eigenvalue weighted by molar-refractivity contribution is -0.148. The first kappa shape index (κ1) is 15.9. The number of carbonyl (C=O) groups is 1. The number of rotatable bonds is 6. The fourth-order valence-corrected chi connectivity index (χ4v) is 4.79. The van der Waals surface area contributed by atoms with E-state index in [4.69, 9.17) is 4.74 Å². The summed E-state index contributed by atoms with van der Waals surface area (Å²) in [6, 6.07) is 0. The van der Waals surface area contributed by atoms with Gasteiger partial charge in [0.1, 0.15) is 0 Å². The molecule has 0 aromatic carbocycles. The smallest absolute Gasteiger partial charge is 0.312 e. The van der Waals surface area contributed by atoms with Crippen LogP contribution < -0.4 is 0 Å². The minimum atomic E-state index is -0.166.